The van der Waals surface area contributed by atoms with Crippen molar-refractivity contribution in [1.29, 1.82) is 0 Å². The zero-order chi connectivity index (χ0) is 21.9. The fraction of sp³-hybridized carbons (Fsp3) is 0.688. The van der Waals surface area contributed by atoms with Crippen LogP contribution in [0.4, 0.5) is 0 Å². The summed E-state index contributed by atoms with van der Waals surface area (Å²) in [5, 5.41) is 24.9. The van der Waals surface area contributed by atoms with E-state index in [1.807, 2.05) is 0 Å². The Labute approximate surface area is 168 Å². The third-order valence-electron chi connectivity index (χ3n) is 4.07. The first kappa shape index (κ1) is 25.7. The van der Waals surface area contributed by atoms with E-state index < -0.39 is 54.2 Å². The van der Waals surface area contributed by atoms with Gasteiger partial charge in [-0.2, -0.15) is 12.6 Å². The maximum atomic E-state index is 12.6. The lowest BCUT2D eigenvalue weighted by atomic mass is 9.97. The minimum absolute atomic E-state index is 0.192. The summed E-state index contributed by atoms with van der Waals surface area (Å²) in [6.07, 6.45) is -0.153. The van der Waals surface area contributed by atoms with Crippen LogP contribution in [0.25, 0.3) is 0 Å². The summed E-state index contributed by atoms with van der Waals surface area (Å²) in [5.74, 6) is -5.10. The first-order chi connectivity index (χ1) is 13.1. The molecule has 0 fully saturated rings. The van der Waals surface area contributed by atoms with Crippen LogP contribution in [-0.2, 0) is 24.0 Å². The van der Waals surface area contributed by atoms with Crippen LogP contribution in [0, 0.1) is 5.92 Å². The molecule has 0 saturated heterocycles. The molecule has 0 aliphatic heterocycles. The highest BCUT2D eigenvalue weighted by atomic mass is 32.1. The lowest BCUT2D eigenvalue weighted by Crippen LogP contribution is -2.57. The van der Waals surface area contributed by atoms with Crippen LogP contribution >= 0.6 is 12.6 Å². The Kier molecular flexibility index (Phi) is 11.9. The van der Waals surface area contributed by atoms with E-state index in [2.05, 4.69) is 28.6 Å². The van der Waals surface area contributed by atoms with Gasteiger partial charge in [0.05, 0.1) is 6.54 Å². The molecule has 11 nitrogen and oxygen atoms in total. The number of carboxylic acids is 2. The van der Waals surface area contributed by atoms with Gasteiger partial charge >= 0.3 is 11.9 Å². The molecule has 0 aliphatic rings. The Morgan fingerprint density at radius 3 is 2.00 bits per heavy atom. The fourth-order valence-corrected chi connectivity index (χ4v) is 2.44. The number of amides is 3. The van der Waals surface area contributed by atoms with Crippen LogP contribution < -0.4 is 21.7 Å². The van der Waals surface area contributed by atoms with Crippen molar-refractivity contribution in [2.75, 3.05) is 12.3 Å². The standard InChI is InChI=1S/C16H28N4O7S/c1-3-8(2)13(20-11(21)6-17)15(25)18-9(4-5-12(22)23)14(24)19-10(7-28)16(26)27/h8-10,13,28H,3-7,17H2,1-2H3,(H,18,25)(H,19,24)(H,20,21)(H,22,23)(H,26,27). The summed E-state index contributed by atoms with van der Waals surface area (Å²) in [7, 11) is 0. The van der Waals surface area contributed by atoms with Crippen molar-refractivity contribution in [3.05, 3.63) is 0 Å². The Bertz CT molecular complexity index is 587. The van der Waals surface area contributed by atoms with Crippen LogP contribution in [0.5, 0.6) is 0 Å². The molecule has 0 spiro atoms. The van der Waals surface area contributed by atoms with Gasteiger partial charge in [0.2, 0.25) is 17.7 Å². The highest BCUT2D eigenvalue weighted by molar-refractivity contribution is 7.80. The molecular formula is C16H28N4O7S. The Morgan fingerprint density at radius 1 is 1.00 bits per heavy atom. The molecule has 4 unspecified atom stereocenters. The Balaban J connectivity index is 5.38. The second-order valence-corrected chi connectivity index (χ2v) is 6.58. The zero-order valence-corrected chi connectivity index (χ0v) is 16.7. The molecule has 0 heterocycles. The van der Waals surface area contributed by atoms with E-state index in [1.165, 1.54) is 0 Å². The molecule has 12 heteroatoms. The number of hydrogen-bond acceptors (Lipinski definition) is 7. The van der Waals surface area contributed by atoms with Crippen LogP contribution in [0.3, 0.4) is 0 Å². The number of nitrogens with one attached hydrogen (secondary N) is 3. The summed E-state index contributed by atoms with van der Waals surface area (Å²) in [4.78, 5) is 58.5. The van der Waals surface area contributed by atoms with Gasteiger partial charge in [0.1, 0.15) is 18.1 Å². The first-order valence-electron chi connectivity index (χ1n) is 8.72. The summed E-state index contributed by atoms with van der Waals surface area (Å²) in [5.41, 5.74) is 5.26. The van der Waals surface area contributed by atoms with Gasteiger partial charge in [-0.3, -0.25) is 19.2 Å². The number of carbonyl (C=O) groups is 5. The second kappa shape index (κ2) is 12.9. The predicted octanol–water partition coefficient (Wildman–Crippen LogP) is -1.68. The van der Waals surface area contributed by atoms with Gasteiger partial charge in [0, 0.05) is 12.2 Å². The van der Waals surface area contributed by atoms with Crippen molar-refractivity contribution in [2.45, 2.75) is 51.2 Å². The van der Waals surface area contributed by atoms with Gasteiger partial charge in [-0.1, -0.05) is 20.3 Å². The quantitative estimate of drug-likeness (QED) is 0.172. The van der Waals surface area contributed by atoms with Crippen molar-refractivity contribution >= 4 is 42.3 Å². The maximum absolute atomic E-state index is 12.6. The van der Waals surface area contributed by atoms with E-state index in [1.54, 1.807) is 13.8 Å². The number of thiol groups is 1. The van der Waals surface area contributed by atoms with Crippen molar-refractivity contribution in [3.8, 4) is 0 Å². The molecule has 0 saturated carbocycles. The van der Waals surface area contributed by atoms with Crippen molar-refractivity contribution < 1.29 is 34.2 Å². The first-order valence-corrected chi connectivity index (χ1v) is 9.36. The van der Waals surface area contributed by atoms with E-state index in [0.717, 1.165) is 0 Å². The number of carbonyl (C=O) groups excluding carboxylic acids is 3. The van der Waals surface area contributed by atoms with E-state index >= 15 is 0 Å². The third kappa shape index (κ3) is 9.04. The van der Waals surface area contributed by atoms with E-state index in [-0.39, 0.29) is 24.6 Å². The summed E-state index contributed by atoms with van der Waals surface area (Å²) in [6.45, 7) is 3.19. The molecule has 0 aromatic heterocycles. The number of aliphatic carboxylic acids is 2. The number of nitrogens with two attached hydrogens (primary N) is 1. The molecule has 160 valence electrons. The second-order valence-electron chi connectivity index (χ2n) is 6.21. The van der Waals surface area contributed by atoms with Crippen molar-refractivity contribution in [1.82, 2.24) is 16.0 Å². The number of hydrogen-bond donors (Lipinski definition) is 7. The average Bonchev–Trinajstić information content (AvgIpc) is 2.65. The Hall–Kier alpha value is -2.34. The number of carboxylic acid groups (broad SMARTS) is 2. The van der Waals surface area contributed by atoms with Gasteiger partial charge in [-0.05, 0) is 12.3 Å². The summed E-state index contributed by atoms with van der Waals surface area (Å²) in [6, 6.07) is -3.59. The molecule has 0 rings (SSSR count). The fourth-order valence-electron chi connectivity index (χ4n) is 2.19. The average molecular weight is 420 g/mol. The van der Waals surface area contributed by atoms with Crippen molar-refractivity contribution in [2.24, 2.45) is 11.7 Å². The van der Waals surface area contributed by atoms with Crippen LogP contribution in [0.1, 0.15) is 33.1 Å². The molecule has 0 aromatic rings. The van der Waals surface area contributed by atoms with Crippen LogP contribution in [-0.4, -0.2) is 70.3 Å². The maximum Gasteiger partial charge on any atom is 0.327 e. The van der Waals surface area contributed by atoms with E-state index in [4.69, 9.17) is 15.9 Å². The van der Waals surface area contributed by atoms with Crippen LogP contribution in [0.2, 0.25) is 0 Å². The minimum atomic E-state index is -1.32. The molecule has 28 heavy (non-hydrogen) atoms. The highest BCUT2D eigenvalue weighted by Gasteiger charge is 2.31. The lowest BCUT2D eigenvalue weighted by molar-refractivity contribution is -0.142. The number of rotatable bonds is 13. The molecule has 0 aromatic carbocycles. The molecule has 7 N–H and O–H groups in total. The third-order valence-corrected chi connectivity index (χ3v) is 4.44. The molecule has 0 radical (unpaired) electrons. The van der Waals surface area contributed by atoms with Crippen molar-refractivity contribution in [3.63, 3.8) is 0 Å². The highest BCUT2D eigenvalue weighted by Crippen LogP contribution is 2.09. The summed E-state index contributed by atoms with van der Waals surface area (Å²) >= 11 is 3.84. The monoisotopic (exact) mass is 420 g/mol. The molecule has 0 bridgehead atoms. The Morgan fingerprint density at radius 2 is 1.57 bits per heavy atom. The molecular weight excluding hydrogens is 392 g/mol. The SMILES string of the molecule is CCC(C)C(NC(=O)CN)C(=O)NC(CCC(=O)O)C(=O)NC(CS)C(=O)O. The zero-order valence-electron chi connectivity index (χ0n) is 15.8. The predicted molar refractivity (Wildman–Crippen MR) is 103 cm³/mol. The van der Waals surface area contributed by atoms with Crippen LogP contribution in [0.15, 0.2) is 0 Å². The molecule has 3 amide bonds. The molecule has 4 atom stereocenters. The largest absolute Gasteiger partial charge is 0.481 e. The minimum Gasteiger partial charge on any atom is -0.481 e. The van der Waals surface area contributed by atoms with Gasteiger partial charge < -0.3 is 31.9 Å². The molecule has 0 aliphatic carbocycles. The van der Waals surface area contributed by atoms with Gasteiger partial charge in [-0.25, -0.2) is 4.79 Å². The van der Waals surface area contributed by atoms with Gasteiger partial charge in [0.15, 0.2) is 0 Å². The normalized spacial score (nSPS) is 14.9. The topological polar surface area (TPSA) is 188 Å². The van der Waals surface area contributed by atoms with E-state index in [0.29, 0.717) is 6.42 Å². The smallest absolute Gasteiger partial charge is 0.327 e. The lowest BCUT2D eigenvalue weighted by Gasteiger charge is -2.26. The van der Waals surface area contributed by atoms with Gasteiger partial charge in [-0.15, -0.1) is 0 Å². The summed E-state index contributed by atoms with van der Waals surface area (Å²) < 4.78 is 0. The van der Waals surface area contributed by atoms with Gasteiger partial charge in [0.25, 0.3) is 0 Å². The van der Waals surface area contributed by atoms with E-state index in [9.17, 15) is 24.0 Å².